The van der Waals surface area contributed by atoms with Gasteiger partial charge in [0.05, 0.1) is 12.0 Å². The Kier molecular flexibility index (Phi) is 9.82. The van der Waals surface area contributed by atoms with Crippen molar-refractivity contribution in [1.29, 1.82) is 0 Å². The number of nitrogens with zero attached hydrogens (tertiary/aromatic N) is 3. The first-order valence-corrected chi connectivity index (χ1v) is 14.0. The van der Waals surface area contributed by atoms with E-state index in [1.54, 1.807) is 31.3 Å². The average Bonchev–Trinajstić information content (AvgIpc) is 2.99. The predicted molar refractivity (Wildman–Crippen MR) is 152 cm³/mol. The summed E-state index contributed by atoms with van der Waals surface area (Å²) in [5, 5.41) is 15.0. The van der Waals surface area contributed by atoms with Gasteiger partial charge in [-0.2, -0.15) is 0 Å². The molecule has 1 aliphatic carbocycles. The summed E-state index contributed by atoms with van der Waals surface area (Å²) in [4.78, 5) is 43.9. The van der Waals surface area contributed by atoms with Crippen LogP contribution < -0.4 is 5.32 Å². The van der Waals surface area contributed by atoms with E-state index in [1.165, 1.54) is 18.7 Å². The lowest BCUT2D eigenvalue weighted by Crippen LogP contribution is -2.50. The van der Waals surface area contributed by atoms with Crippen LogP contribution in [-0.4, -0.2) is 59.5 Å². The highest BCUT2D eigenvalue weighted by molar-refractivity contribution is 5.94. The number of aromatic nitrogens is 1. The van der Waals surface area contributed by atoms with E-state index in [9.17, 15) is 19.7 Å². The van der Waals surface area contributed by atoms with Gasteiger partial charge in [0.2, 0.25) is 0 Å². The molecule has 40 heavy (non-hydrogen) atoms. The second kappa shape index (κ2) is 13.5. The summed E-state index contributed by atoms with van der Waals surface area (Å²) in [5.74, 6) is -0.768. The van der Waals surface area contributed by atoms with Crippen LogP contribution in [0.4, 0.5) is 0 Å². The molecule has 4 rings (SSSR count). The number of hydrogen-bond acceptors (Lipinski definition) is 7. The molecule has 2 aromatic rings. The Hall–Kier alpha value is -3.85. The van der Waals surface area contributed by atoms with Crippen LogP contribution >= 0.6 is 0 Å². The van der Waals surface area contributed by atoms with E-state index in [0.29, 0.717) is 23.6 Å². The van der Waals surface area contributed by atoms with Crippen molar-refractivity contribution in [1.82, 2.24) is 15.2 Å². The minimum atomic E-state index is -0.740. The molecule has 9 heteroatoms. The van der Waals surface area contributed by atoms with Crippen LogP contribution in [0.3, 0.4) is 0 Å². The molecule has 3 atom stereocenters. The molecule has 1 fully saturated rings. The number of esters is 1. The molecular weight excluding hydrogens is 508 g/mol. The number of nitrogens with one attached hydrogen (secondary N) is 1. The average molecular weight is 547 g/mol. The number of piperidine rings is 1. The second-order valence-electron chi connectivity index (χ2n) is 10.6. The molecule has 1 amide bonds. The molecular formula is C31H38N4O5. The summed E-state index contributed by atoms with van der Waals surface area (Å²) in [6, 6.07) is 15.4. The molecule has 0 bridgehead atoms. The van der Waals surface area contributed by atoms with Gasteiger partial charge in [-0.05, 0) is 80.5 Å². The van der Waals surface area contributed by atoms with Gasteiger partial charge in [0.1, 0.15) is 11.3 Å². The number of carbonyl (C=O) groups excluding carboxylic acids is 2. The normalized spacial score (nSPS) is 19.9. The van der Waals surface area contributed by atoms with Crippen molar-refractivity contribution < 1.29 is 19.2 Å². The van der Waals surface area contributed by atoms with Gasteiger partial charge in [-0.3, -0.25) is 19.9 Å². The van der Waals surface area contributed by atoms with Crippen molar-refractivity contribution in [3.05, 3.63) is 99.0 Å². The van der Waals surface area contributed by atoms with Gasteiger partial charge in [0, 0.05) is 24.7 Å². The minimum Gasteiger partial charge on any atom is -0.465 e. The second-order valence-corrected chi connectivity index (χ2v) is 10.6. The third-order valence-electron chi connectivity index (χ3n) is 8.37. The number of methoxy groups -OCH3 is 1. The summed E-state index contributed by atoms with van der Waals surface area (Å²) < 4.78 is 4.93. The Balaban J connectivity index is 1.59. The monoisotopic (exact) mass is 546 g/mol. The van der Waals surface area contributed by atoms with Crippen LogP contribution in [0, 0.1) is 22.0 Å². The Labute approximate surface area is 235 Å². The van der Waals surface area contributed by atoms with Crippen molar-refractivity contribution in [3.63, 3.8) is 0 Å². The summed E-state index contributed by atoms with van der Waals surface area (Å²) in [5.41, 5.74) is 1.97. The molecule has 212 valence electrons. The van der Waals surface area contributed by atoms with Gasteiger partial charge < -0.3 is 15.0 Å². The molecule has 1 saturated heterocycles. The van der Waals surface area contributed by atoms with Crippen LogP contribution in [0.2, 0.25) is 0 Å². The first kappa shape index (κ1) is 29.1. The third-order valence-corrected chi connectivity index (χ3v) is 8.37. The van der Waals surface area contributed by atoms with E-state index in [2.05, 4.69) is 46.4 Å². The number of amides is 1. The highest BCUT2D eigenvalue weighted by atomic mass is 16.6. The third kappa shape index (κ3) is 6.65. The molecule has 1 N–H and O–H groups in total. The van der Waals surface area contributed by atoms with Crippen molar-refractivity contribution in [2.45, 2.75) is 51.5 Å². The lowest BCUT2D eigenvalue weighted by atomic mass is 9.75. The number of likely N-dealkylation sites (tertiary alicyclic amines) is 1. The van der Waals surface area contributed by atoms with E-state index >= 15 is 0 Å². The number of benzene rings is 1. The molecule has 3 unspecified atom stereocenters. The Morgan fingerprint density at radius 3 is 2.45 bits per heavy atom. The lowest BCUT2D eigenvalue weighted by Gasteiger charge is -2.40. The number of pyridine rings is 1. The van der Waals surface area contributed by atoms with Crippen LogP contribution in [0.5, 0.6) is 0 Å². The van der Waals surface area contributed by atoms with Crippen LogP contribution in [0.15, 0.2) is 77.6 Å². The molecule has 2 heterocycles. The van der Waals surface area contributed by atoms with Gasteiger partial charge in [-0.15, -0.1) is 0 Å². The van der Waals surface area contributed by atoms with Crippen LogP contribution in [0.25, 0.3) is 0 Å². The fraction of sp³-hybridized carbons (Fsp3) is 0.452. The van der Waals surface area contributed by atoms with Gasteiger partial charge in [-0.25, -0.2) is 4.79 Å². The lowest BCUT2D eigenvalue weighted by molar-refractivity contribution is -0.421. The fourth-order valence-corrected chi connectivity index (χ4v) is 6.13. The van der Waals surface area contributed by atoms with Crippen molar-refractivity contribution in [2.75, 3.05) is 26.7 Å². The van der Waals surface area contributed by atoms with Gasteiger partial charge in [0.25, 0.3) is 11.6 Å². The molecule has 0 spiro atoms. The number of ether oxygens (including phenoxy) is 1. The first-order chi connectivity index (χ1) is 19.3. The van der Waals surface area contributed by atoms with Gasteiger partial charge in [-0.1, -0.05) is 49.7 Å². The molecule has 0 radical (unpaired) electrons. The number of rotatable bonds is 10. The Bertz CT molecular complexity index is 1250. The van der Waals surface area contributed by atoms with Gasteiger partial charge >= 0.3 is 5.97 Å². The molecule has 0 saturated carbocycles. The first-order valence-electron chi connectivity index (χ1n) is 14.0. The van der Waals surface area contributed by atoms with E-state index < -0.39 is 10.9 Å². The van der Waals surface area contributed by atoms with Crippen molar-refractivity contribution >= 4 is 11.9 Å². The summed E-state index contributed by atoms with van der Waals surface area (Å²) >= 11 is 0. The maximum atomic E-state index is 13.3. The number of nitro groups is 1. The zero-order valence-corrected chi connectivity index (χ0v) is 23.4. The van der Waals surface area contributed by atoms with Crippen LogP contribution in [-0.2, 0) is 9.53 Å². The maximum absolute atomic E-state index is 13.3. The highest BCUT2D eigenvalue weighted by Crippen LogP contribution is 2.37. The summed E-state index contributed by atoms with van der Waals surface area (Å²) in [6.07, 6.45) is 6.31. The standard InChI is InChI=1S/C31H38N4O5/c1-4-22(20-34-18-15-24(16-19-34)23-10-6-5-7-11-23)29(33-30(36)26-12-8-9-17-32-26)25-13-14-27(35(38)39)28(21(25)2)31(37)40-3/h5-12,14,17,22,24-25,29H,4,13,15-16,18-20H2,1-3H3,(H,33,36). The van der Waals surface area contributed by atoms with Crippen LogP contribution in [0.1, 0.15) is 61.5 Å². The maximum Gasteiger partial charge on any atom is 0.344 e. The quantitative estimate of drug-likeness (QED) is 0.260. The molecule has 2 aliphatic rings. The van der Waals surface area contributed by atoms with Crippen molar-refractivity contribution in [3.8, 4) is 0 Å². The zero-order chi connectivity index (χ0) is 28.6. The zero-order valence-electron chi connectivity index (χ0n) is 23.4. The van der Waals surface area contributed by atoms with Gasteiger partial charge in [0.15, 0.2) is 0 Å². The number of allylic oxidation sites excluding steroid dienone is 1. The van der Waals surface area contributed by atoms with E-state index in [1.807, 2.05) is 6.07 Å². The molecule has 1 aromatic carbocycles. The summed E-state index contributed by atoms with van der Waals surface area (Å²) in [7, 11) is 1.22. The largest absolute Gasteiger partial charge is 0.465 e. The Morgan fingerprint density at radius 1 is 1.15 bits per heavy atom. The number of carbonyl (C=O) groups is 2. The minimum absolute atomic E-state index is 0.0284. The Morgan fingerprint density at radius 2 is 1.85 bits per heavy atom. The summed E-state index contributed by atoms with van der Waals surface area (Å²) in [6.45, 7) is 6.52. The molecule has 9 nitrogen and oxygen atoms in total. The predicted octanol–water partition coefficient (Wildman–Crippen LogP) is 4.76. The van der Waals surface area contributed by atoms with E-state index in [4.69, 9.17) is 4.74 Å². The fourth-order valence-electron chi connectivity index (χ4n) is 6.13. The van der Waals surface area contributed by atoms with Crippen molar-refractivity contribution in [2.24, 2.45) is 11.8 Å². The number of hydrogen-bond donors (Lipinski definition) is 1. The molecule has 1 aliphatic heterocycles. The molecule has 1 aromatic heterocycles. The van der Waals surface area contributed by atoms with E-state index in [0.717, 1.165) is 38.9 Å². The van der Waals surface area contributed by atoms with E-state index in [-0.39, 0.29) is 35.1 Å². The topological polar surface area (TPSA) is 115 Å². The smallest absolute Gasteiger partial charge is 0.344 e. The highest BCUT2D eigenvalue weighted by Gasteiger charge is 2.40. The SMILES string of the molecule is CCC(CN1CCC(c2ccccc2)CC1)C(NC(=O)c1ccccn1)C1CC=C([N+](=O)[O-])C(C(=O)OC)=C1C.